The highest BCUT2D eigenvalue weighted by Gasteiger charge is 2.18. The van der Waals surface area contributed by atoms with E-state index in [0.29, 0.717) is 6.54 Å². The Hall–Kier alpha value is -5.28. The van der Waals surface area contributed by atoms with Gasteiger partial charge in [0.2, 0.25) is 0 Å². The number of aromatic nitrogens is 1. The van der Waals surface area contributed by atoms with Crippen LogP contribution in [0.15, 0.2) is 151 Å². The van der Waals surface area contributed by atoms with Gasteiger partial charge in [-0.05, 0) is 102 Å². The van der Waals surface area contributed by atoms with Gasteiger partial charge in [-0.25, -0.2) is 4.39 Å². The molecule has 0 radical (unpaired) electrons. The molecule has 1 atom stereocenters. The molecule has 0 aliphatic rings. The van der Waals surface area contributed by atoms with Gasteiger partial charge < -0.3 is 4.57 Å². The van der Waals surface area contributed by atoms with Crippen molar-refractivity contribution >= 4 is 38.7 Å². The zero-order chi connectivity index (χ0) is 36.5. The summed E-state index contributed by atoms with van der Waals surface area (Å²) >= 11 is 0. The van der Waals surface area contributed by atoms with Gasteiger partial charge in [0, 0.05) is 33.9 Å². The molecule has 0 bridgehead atoms. The average Bonchev–Trinajstić information content (AvgIpc) is 3.46. The number of nitrogens with zero attached hydrogens (tertiary/aromatic N) is 2. The number of fused-ring (bicyclic) bond motifs is 3. The first kappa shape index (κ1) is 37.0. The Morgan fingerprint density at radius 1 is 0.745 bits per heavy atom. The topological polar surface area (TPSA) is 17.3 Å². The highest BCUT2D eigenvalue weighted by Crippen LogP contribution is 2.34. The Bertz CT molecular complexity index is 2210. The lowest BCUT2D eigenvalue weighted by atomic mass is 9.86. The van der Waals surface area contributed by atoms with Crippen LogP contribution in [0.2, 0.25) is 0 Å². The zero-order valence-corrected chi connectivity index (χ0v) is 31.4. The lowest BCUT2D eigenvalue weighted by molar-refractivity contribution is 0.591. The van der Waals surface area contributed by atoms with E-state index in [4.69, 9.17) is 4.99 Å². The molecule has 5 aromatic carbocycles. The van der Waals surface area contributed by atoms with E-state index in [2.05, 4.69) is 161 Å². The molecule has 6 rings (SSSR count). The largest absolute Gasteiger partial charge is 0.337 e. The predicted molar refractivity (Wildman–Crippen MR) is 220 cm³/mol. The fraction of sp³-hybridized carbons (Fsp3) is 0.229. The Kier molecular flexibility index (Phi) is 12.1. The smallest absolute Gasteiger partial charge is 0.123 e. The van der Waals surface area contributed by atoms with Crippen LogP contribution in [-0.2, 0) is 12.0 Å². The molecule has 0 saturated heterocycles. The molecule has 0 spiro atoms. The molecule has 1 unspecified atom stereocenters. The molecular formula is C48H51FN2. The van der Waals surface area contributed by atoms with Crippen molar-refractivity contribution in [2.45, 2.75) is 73.4 Å². The Morgan fingerprint density at radius 2 is 1.35 bits per heavy atom. The van der Waals surface area contributed by atoms with Crippen LogP contribution in [-0.4, -0.2) is 10.3 Å². The number of rotatable bonds is 9. The van der Waals surface area contributed by atoms with Crippen molar-refractivity contribution in [1.29, 1.82) is 0 Å². The van der Waals surface area contributed by atoms with Crippen LogP contribution in [0.25, 0.3) is 33.0 Å². The summed E-state index contributed by atoms with van der Waals surface area (Å²) in [5.41, 5.74) is 11.1. The number of halogens is 1. The van der Waals surface area contributed by atoms with E-state index in [0.717, 1.165) is 49.8 Å². The number of benzene rings is 5. The molecule has 0 amide bonds. The summed E-state index contributed by atoms with van der Waals surface area (Å²) in [7, 11) is 0. The molecular weight excluding hydrogens is 624 g/mol. The van der Waals surface area contributed by atoms with Gasteiger partial charge in [-0.1, -0.05) is 138 Å². The quantitative estimate of drug-likeness (QED) is 0.107. The summed E-state index contributed by atoms with van der Waals surface area (Å²) in [6, 6.07) is 41.3. The van der Waals surface area contributed by atoms with Crippen LogP contribution in [0.5, 0.6) is 0 Å². The number of hydrogen-bond acceptors (Lipinski definition) is 1. The third-order valence-electron chi connectivity index (χ3n) is 9.22. The van der Waals surface area contributed by atoms with Crippen LogP contribution in [0, 0.1) is 5.82 Å². The van der Waals surface area contributed by atoms with Crippen LogP contribution >= 0.6 is 0 Å². The molecule has 0 N–H and O–H groups in total. The highest BCUT2D eigenvalue weighted by molar-refractivity contribution is 6.12. The standard InChI is InChI=1S/C46H45FN2.C2H6/c1-7-15-36(26-27-49-44-24-22-39(46(4,5)6)30-41(44)42-31-40(47)23-25-45(42)49)37-20-14-21-38(29-37)43(28-32(2)34-16-10-8-11-17-34)48-33(3)35-18-12-9-13-19-35;1-2/h7-26,28-31,33H,27H2,1-6H3;1-2H3/b15-7-,32-28+,36-26+,48-43?;. The first-order valence-electron chi connectivity index (χ1n) is 18.1. The summed E-state index contributed by atoms with van der Waals surface area (Å²) in [6.45, 7) is 17.6. The molecule has 0 aliphatic carbocycles. The summed E-state index contributed by atoms with van der Waals surface area (Å²) in [5.74, 6) is -0.217. The van der Waals surface area contributed by atoms with Crippen molar-refractivity contribution < 1.29 is 4.39 Å². The number of hydrogen-bond donors (Lipinski definition) is 0. The maximum Gasteiger partial charge on any atom is 0.123 e. The van der Waals surface area contributed by atoms with Gasteiger partial charge in [0.1, 0.15) is 5.82 Å². The van der Waals surface area contributed by atoms with Crippen molar-refractivity contribution in [2.75, 3.05) is 0 Å². The average molecular weight is 675 g/mol. The number of allylic oxidation sites excluding steroid dienone is 6. The van der Waals surface area contributed by atoms with E-state index >= 15 is 0 Å². The van der Waals surface area contributed by atoms with Crippen LogP contribution in [0.4, 0.5) is 4.39 Å². The first-order valence-corrected chi connectivity index (χ1v) is 18.1. The second-order valence-corrected chi connectivity index (χ2v) is 13.8. The van der Waals surface area contributed by atoms with Gasteiger partial charge >= 0.3 is 0 Å². The van der Waals surface area contributed by atoms with Gasteiger partial charge in [0.15, 0.2) is 0 Å². The van der Waals surface area contributed by atoms with Crippen molar-refractivity contribution in [3.05, 3.63) is 179 Å². The van der Waals surface area contributed by atoms with Gasteiger partial charge in [0.05, 0.1) is 11.8 Å². The lowest BCUT2D eigenvalue weighted by Crippen LogP contribution is -2.10. The molecule has 0 saturated carbocycles. The maximum atomic E-state index is 14.6. The molecule has 51 heavy (non-hydrogen) atoms. The normalized spacial score (nSPS) is 13.5. The molecule has 260 valence electrons. The van der Waals surface area contributed by atoms with Gasteiger partial charge in [0.25, 0.3) is 0 Å². The SMILES string of the molecule is C/C=C\C(=C/Cn1c2ccc(F)cc2c2cc(C(C)(C)C)ccc21)c1cccc(C(/C=C(\C)c2ccccc2)=NC(C)c2ccccc2)c1.CC. The molecule has 1 heterocycles. The molecule has 1 aromatic heterocycles. The Morgan fingerprint density at radius 3 is 2.02 bits per heavy atom. The van der Waals surface area contributed by atoms with Crippen LogP contribution < -0.4 is 0 Å². The molecule has 0 aliphatic heterocycles. The minimum absolute atomic E-state index is 0.00415. The second kappa shape index (κ2) is 16.6. The Labute approximate surface area is 304 Å². The molecule has 2 nitrogen and oxygen atoms in total. The zero-order valence-electron chi connectivity index (χ0n) is 31.4. The Balaban J connectivity index is 0.00000248. The third-order valence-corrected chi connectivity index (χ3v) is 9.22. The fourth-order valence-electron chi connectivity index (χ4n) is 6.45. The summed E-state index contributed by atoms with van der Waals surface area (Å²) < 4.78 is 16.9. The lowest BCUT2D eigenvalue weighted by Gasteiger charge is -2.19. The van der Waals surface area contributed by atoms with Gasteiger partial charge in [-0.2, -0.15) is 0 Å². The summed E-state index contributed by atoms with van der Waals surface area (Å²) in [6.07, 6.45) is 8.73. The van der Waals surface area contributed by atoms with Crippen LogP contribution in [0.1, 0.15) is 89.2 Å². The monoisotopic (exact) mass is 674 g/mol. The molecule has 6 aromatic rings. The van der Waals surface area contributed by atoms with E-state index in [1.54, 1.807) is 12.1 Å². The van der Waals surface area contributed by atoms with E-state index < -0.39 is 0 Å². The van der Waals surface area contributed by atoms with Crippen LogP contribution in [0.3, 0.4) is 0 Å². The maximum absolute atomic E-state index is 14.6. The minimum atomic E-state index is -0.217. The van der Waals surface area contributed by atoms with E-state index in [-0.39, 0.29) is 17.3 Å². The third kappa shape index (κ3) is 8.72. The van der Waals surface area contributed by atoms with Crippen molar-refractivity contribution in [2.24, 2.45) is 4.99 Å². The summed E-state index contributed by atoms with van der Waals surface area (Å²) in [4.78, 5) is 5.28. The predicted octanol–water partition coefficient (Wildman–Crippen LogP) is 13.6. The number of aliphatic imine (C=N–C) groups is 1. The van der Waals surface area contributed by atoms with E-state index in [1.807, 2.05) is 32.0 Å². The minimum Gasteiger partial charge on any atom is -0.337 e. The van der Waals surface area contributed by atoms with Crippen molar-refractivity contribution in [3.63, 3.8) is 0 Å². The summed E-state index contributed by atoms with van der Waals surface area (Å²) in [5, 5.41) is 2.02. The molecule has 3 heteroatoms. The fourth-order valence-corrected chi connectivity index (χ4v) is 6.45. The second-order valence-electron chi connectivity index (χ2n) is 13.8. The highest BCUT2D eigenvalue weighted by atomic mass is 19.1. The van der Waals surface area contributed by atoms with Gasteiger partial charge in [-0.15, -0.1) is 0 Å². The van der Waals surface area contributed by atoms with Gasteiger partial charge in [-0.3, -0.25) is 4.99 Å². The van der Waals surface area contributed by atoms with E-state index in [9.17, 15) is 4.39 Å². The van der Waals surface area contributed by atoms with E-state index in [1.165, 1.54) is 16.7 Å². The first-order chi connectivity index (χ1) is 24.6. The molecule has 0 fully saturated rings. The van der Waals surface area contributed by atoms with Crippen molar-refractivity contribution in [3.8, 4) is 0 Å². The van der Waals surface area contributed by atoms with Crippen molar-refractivity contribution in [1.82, 2.24) is 4.57 Å².